The second kappa shape index (κ2) is 9.77. The lowest BCUT2D eigenvalue weighted by Crippen LogP contribution is -2.27. The highest BCUT2D eigenvalue weighted by Crippen LogP contribution is 2.42. The molecule has 0 bridgehead atoms. The van der Waals surface area contributed by atoms with Gasteiger partial charge in [-0.15, -0.1) is 0 Å². The molecule has 4 rings (SSSR count). The molecule has 5 nitrogen and oxygen atoms in total. The first kappa shape index (κ1) is 23.6. The number of methoxy groups -OCH3 is 3. The summed E-state index contributed by atoms with van der Waals surface area (Å²) in [6.07, 6.45) is 0. The maximum atomic E-state index is 13.7. The average molecular weight is 520 g/mol. The van der Waals surface area contributed by atoms with E-state index < -0.39 is 0 Å². The van der Waals surface area contributed by atoms with Crippen molar-refractivity contribution < 1.29 is 19.0 Å². The third-order valence-electron chi connectivity index (χ3n) is 5.97. The lowest BCUT2D eigenvalue weighted by molar-refractivity contribution is 0.0989. The van der Waals surface area contributed by atoms with Gasteiger partial charge in [0.1, 0.15) is 5.75 Å². The van der Waals surface area contributed by atoms with Gasteiger partial charge >= 0.3 is 0 Å². The molecule has 0 saturated carbocycles. The first-order valence-corrected chi connectivity index (χ1v) is 11.6. The van der Waals surface area contributed by atoms with Gasteiger partial charge in [-0.1, -0.05) is 42.5 Å². The van der Waals surface area contributed by atoms with Gasteiger partial charge < -0.3 is 19.1 Å². The number of rotatable bonds is 6. The molecular weight excluding hydrogens is 494 g/mol. The number of halogens is 1. The summed E-state index contributed by atoms with van der Waals surface area (Å²) in [7, 11) is 6.57. The Labute approximate surface area is 208 Å². The molecule has 1 amide bonds. The normalized spacial score (nSPS) is 10.8. The average Bonchev–Trinajstić information content (AvgIpc) is 2.87. The molecule has 0 atom stereocenters. The molecule has 6 heteroatoms. The summed E-state index contributed by atoms with van der Waals surface area (Å²) in [5, 5.41) is 1.83. The van der Waals surface area contributed by atoms with Gasteiger partial charge in [0, 0.05) is 16.9 Å². The van der Waals surface area contributed by atoms with Crippen molar-refractivity contribution in [2.75, 3.05) is 33.3 Å². The molecule has 0 aliphatic rings. The van der Waals surface area contributed by atoms with Crippen molar-refractivity contribution in [1.29, 1.82) is 0 Å². The van der Waals surface area contributed by atoms with E-state index in [1.807, 2.05) is 61.5 Å². The molecule has 0 fully saturated rings. The number of benzene rings is 4. The van der Waals surface area contributed by atoms with Gasteiger partial charge in [-0.3, -0.25) is 4.79 Å². The second-order valence-corrected chi connectivity index (χ2v) is 8.74. The zero-order chi connectivity index (χ0) is 24.4. The fraction of sp³-hybridized carbons (Fsp3) is 0.179. The van der Waals surface area contributed by atoms with E-state index in [1.165, 1.54) is 0 Å². The number of hydrogen-bond acceptors (Lipinski definition) is 4. The number of carbonyl (C=O) groups excluding carboxylic acids is 1. The molecule has 0 saturated heterocycles. The summed E-state index contributed by atoms with van der Waals surface area (Å²) in [6, 6.07) is 21.8. The summed E-state index contributed by atoms with van der Waals surface area (Å²) in [6.45, 7) is 1.92. The van der Waals surface area contributed by atoms with Crippen LogP contribution >= 0.6 is 15.9 Å². The highest BCUT2D eigenvalue weighted by molar-refractivity contribution is 9.10. The highest BCUT2D eigenvalue weighted by atomic mass is 79.9. The van der Waals surface area contributed by atoms with Crippen LogP contribution in [0.3, 0.4) is 0 Å². The third kappa shape index (κ3) is 4.10. The molecule has 4 aromatic carbocycles. The quantitative estimate of drug-likeness (QED) is 0.278. The van der Waals surface area contributed by atoms with Crippen molar-refractivity contribution >= 4 is 38.3 Å². The maximum Gasteiger partial charge on any atom is 0.262 e. The monoisotopic (exact) mass is 519 g/mol. The minimum atomic E-state index is -0.184. The van der Waals surface area contributed by atoms with Gasteiger partial charge in [0.2, 0.25) is 0 Å². The molecule has 174 valence electrons. The predicted molar refractivity (Wildman–Crippen MR) is 141 cm³/mol. The molecule has 0 radical (unpaired) electrons. The van der Waals surface area contributed by atoms with Crippen molar-refractivity contribution in [2.24, 2.45) is 0 Å². The summed E-state index contributed by atoms with van der Waals surface area (Å²) in [5.74, 6) is 1.59. The van der Waals surface area contributed by atoms with Gasteiger partial charge in [-0.2, -0.15) is 0 Å². The molecule has 0 N–H and O–H groups in total. The molecule has 0 unspecified atom stereocenters. The van der Waals surface area contributed by atoms with Crippen LogP contribution in [0, 0.1) is 6.92 Å². The molecule has 0 aliphatic heterocycles. The Kier molecular flexibility index (Phi) is 6.80. The van der Waals surface area contributed by atoms with Crippen LogP contribution in [-0.4, -0.2) is 34.3 Å². The van der Waals surface area contributed by atoms with Gasteiger partial charge in [-0.25, -0.2) is 0 Å². The number of fused-ring (bicyclic) bond motifs is 1. The van der Waals surface area contributed by atoms with Crippen LogP contribution in [0.2, 0.25) is 0 Å². The first-order chi connectivity index (χ1) is 16.4. The summed E-state index contributed by atoms with van der Waals surface area (Å²) < 4.78 is 17.4. The van der Waals surface area contributed by atoms with Crippen molar-refractivity contribution in [3.8, 4) is 28.4 Å². The van der Waals surface area contributed by atoms with E-state index in [-0.39, 0.29) is 5.91 Å². The van der Waals surface area contributed by atoms with Gasteiger partial charge in [0.05, 0.1) is 32.6 Å². The number of anilines is 1. The van der Waals surface area contributed by atoms with Crippen molar-refractivity contribution in [3.63, 3.8) is 0 Å². The van der Waals surface area contributed by atoms with Crippen molar-refractivity contribution in [2.45, 2.75) is 6.92 Å². The maximum absolute atomic E-state index is 13.7. The Balaban J connectivity index is 1.95. The van der Waals surface area contributed by atoms with E-state index in [4.69, 9.17) is 14.2 Å². The number of aryl methyl sites for hydroxylation is 1. The number of amides is 1. The van der Waals surface area contributed by atoms with Crippen molar-refractivity contribution in [1.82, 2.24) is 0 Å². The van der Waals surface area contributed by atoms with Crippen molar-refractivity contribution in [3.05, 3.63) is 82.3 Å². The third-order valence-corrected chi connectivity index (χ3v) is 6.63. The zero-order valence-corrected chi connectivity index (χ0v) is 21.4. The topological polar surface area (TPSA) is 48.0 Å². The molecule has 0 spiro atoms. The lowest BCUT2D eigenvalue weighted by atomic mass is 9.96. The Hall–Kier alpha value is -3.51. The number of carbonyl (C=O) groups is 1. The summed E-state index contributed by atoms with van der Waals surface area (Å²) in [5.41, 5.74) is 4.22. The van der Waals surface area contributed by atoms with Crippen LogP contribution < -0.4 is 19.1 Å². The van der Waals surface area contributed by atoms with E-state index in [0.29, 0.717) is 27.3 Å². The van der Waals surface area contributed by atoms with Crippen LogP contribution in [0.25, 0.3) is 21.9 Å². The fourth-order valence-corrected chi connectivity index (χ4v) is 4.70. The highest BCUT2D eigenvalue weighted by Gasteiger charge is 2.24. The molecule has 0 aromatic heterocycles. The molecule has 0 aliphatic carbocycles. The van der Waals surface area contributed by atoms with Gasteiger partial charge in [-0.05, 0) is 69.2 Å². The molecular formula is C28H26BrNO4. The summed E-state index contributed by atoms with van der Waals surface area (Å²) in [4.78, 5) is 15.4. The Morgan fingerprint density at radius 2 is 1.47 bits per heavy atom. The Bertz CT molecular complexity index is 1370. The predicted octanol–water partition coefficient (Wildman–Crippen LogP) is 6.88. The second-order valence-electron chi connectivity index (χ2n) is 7.89. The number of nitrogens with zero attached hydrogens (tertiary/aromatic N) is 1. The number of ether oxygens (including phenoxy) is 3. The fourth-order valence-electron chi connectivity index (χ4n) is 4.22. The van der Waals surface area contributed by atoms with Gasteiger partial charge in [0.15, 0.2) is 11.5 Å². The van der Waals surface area contributed by atoms with E-state index >= 15 is 0 Å². The van der Waals surface area contributed by atoms with E-state index in [1.54, 1.807) is 33.3 Å². The van der Waals surface area contributed by atoms with E-state index in [9.17, 15) is 4.79 Å². The van der Waals surface area contributed by atoms with Crippen LogP contribution in [0.1, 0.15) is 15.9 Å². The largest absolute Gasteiger partial charge is 0.496 e. The number of hydrogen-bond donors (Lipinski definition) is 0. The minimum absolute atomic E-state index is 0.184. The Morgan fingerprint density at radius 1 is 0.824 bits per heavy atom. The summed E-state index contributed by atoms with van der Waals surface area (Å²) >= 11 is 3.53. The lowest BCUT2D eigenvalue weighted by Gasteiger charge is -2.23. The molecule has 34 heavy (non-hydrogen) atoms. The van der Waals surface area contributed by atoms with Crippen LogP contribution in [-0.2, 0) is 0 Å². The standard InChI is InChI=1S/C28H26BrNO4/c1-17-11-13-22(29)26(27(17)34-5)28(31)30(2)23-14-12-19(18-9-7-6-8-10-18)20-15-24(32-3)25(33-4)16-21(20)23/h6-16H,1-5H3. The smallest absolute Gasteiger partial charge is 0.262 e. The Morgan fingerprint density at radius 3 is 2.09 bits per heavy atom. The van der Waals surface area contributed by atoms with Crippen LogP contribution in [0.5, 0.6) is 17.2 Å². The molecule has 0 heterocycles. The van der Waals surface area contributed by atoms with E-state index in [0.717, 1.165) is 33.2 Å². The zero-order valence-electron chi connectivity index (χ0n) is 19.8. The minimum Gasteiger partial charge on any atom is -0.496 e. The van der Waals surface area contributed by atoms with E-state index in [2.05, 4.69) is 28.1 Å². The van der Waals surface area contributed by atoms with Gasteiger partial charge in [0.25, 0.3) is 5.91 Å². The van der Waals surface area contributed by atoms with Crippen LogP contribution in [0.4, 0.5) is 5.69 Å². The SMILES string of the molecule is COc1cc2c(-c3ccccc3)ccc(N(C)C(=O)c3c(Br)ccc(C)c3OC)c2cc1OC. The van der Waals surface area contributed by atoms with Crippen LogP contribution in [0.15, 0.2) is 71.2 Å². The molecule has 4 aromatic rings. The first-order valence-electron chi connectivity index (χ1n) is 10.8.